The van der Waals surface area contributed by atoms with Crippen molar-refractivity contribution < 1.29 is 14.2 Å². The van der Waals surface area contributed by atoms with E-state index in [4.69, 9.17) is 14.2 Å². The van der Waals surface area contributed by atoms with Gasteiger partial charge in [0.15, 0.2) is 0 Å². The topological polar surface area (TPSA) is 27.7 Å². The lowest BCUT2D eigenvalue weighted by Gasteiger charge is -2.23. The van der Waals surface area contributed by atoms with E-state index in [-0.39, 0.29) is 11.7 Å². The minimum Gasteiger partial charge on any atom is -0.497 e. The molecule has 1 unspecified atom stereocenters. The Bertz CT molecular complexity index is 469. The highest BCUT2D eigenvalue weighted by molar-refractivity contribution is 9.10. The molecule has 1 aromatic rings. The molecular weight excluding hydrogens is 320 g/mol. The summed E-state index contributed by atoms with van der Waals surface area (Å²) >= 11 is 3.51. The van der Waals surface area contributed by atoms with Crippen LogP contribution in [0.15, 0.2) is 22.7 Å². The van der Waals surface area contributed by atoms with Gasteiger partial charge in [0.2, 0.25) is 0 Å². The van der Waals surface area contributed by atoms with Crippen LogP contribution in [0.1, 0.15) is 38.5 Å². The average Bonchev–Trinajstić information content (AvgIpc) is 3.08. The standard InChI is InChI=1S/C16H21BrO3/c1-18-12-4-5-15(14(17)10-12)19-11-13-6-9-16(20-13)7-2-3-8-16/h4-5,10,13H,2-3,6-9,11H2,1H3. The third-order valence-electron chi connectivity index (χ3n) is 4.42. The number of rotatable bonds is 4. The fourth-order valence-electron chi connectivity index (χ4n) is 3.31. The van der Waals surface area contributed by atoms with Crippen molar-refractivity contribution in [1.29, 1.82) is 0 Å². The van der Waals surface area contributed by atoms with E-state index in [2.05, 4.69) is 15.9 Å². The highest BCUT2D eigenvalue weighted by Gasteiger charge is 2.42. The van der Waals surface area contributed by atoms with E-state index in [0.29, 0.717) is 6.61 Å². The quantitative estimate of drug-likeness (QED) is 0.816. The van der Waals surface area contributed by atoms with Crippen molar-refractivity contribution in [3.63, 3.8) is 0 Å². The molecule has 0 N–H and O–H groups in total. The maximum absolute atomic E-state index is 6.25. The molecule has 0 bridgehead atoms. The zero-order valence-corrected chi connectivity index (χ0v) is 13.4. The molecule has 1 heterocycles. The van der Waals surface area contributed by atoms with Crippen LogP contribution in [-0.4, -0.2) is 25.4 Å². The van der Waals surface area contributed by atoms with Crippen LogP contribution in [0.3, 0.4) is 0 Å². The van der Waals surface area contributed by atoms with E-state index in [1.54, 1.807) is 7.11 Å². The molecule has 4 heteroatoms. The number of benzene rings is 1. The molecule has 3 nitrogen and oxygen atoms in total. The molecule has 1 aliphatic heterocycles. The molecule has 1 atom stereocenters. The van der Waals surface area contributed by atoms with Gasteiger partial charge in [0.25, 0.3) is 0 Å². The van der Waals surface area contributed by atoms with E-state index in [1.807, 2.05) is 18.2 Å². The molecule has 0 amide bonds. The Hall–Kier alpha value is -0.740. The molecule has 1 saturated carbocycles. The monoisotopic (exact) mass is 340 g/mol. The van der Waals surface area contributed by atoms with Gasteiger partial charge in [0, 0.05) is 0 Å². The Kier molecular flexibility index (Phi) is 4.22. The molecule has 1 saturated heterocycles. The van der Waals surface area contributed by atoms with E-state index >= 15 is 0 Å². The van der Waals surface area contributed by atoms with Crippen LogP contribution in [0.5, 0.6) is 11.5 Å². The second-order valence-electron chi connectivity index (χ2n) is 5.78. The summed E-state index contributed by atoms with van der Waals surface area (Å²) in [7, 11) is 1.66. The Morgan fingerprint density at radius 2 is 2.10 bits per heavy atom. The number of ether oxygens (including phenoxy) is 3. The first-order valence-electron chi connectivity index (χ1n) is 7.35. The van der Waals surface area contributed by atoms with Gasteiger partial charge in [-0.3, -0.25) is 0 Å². The van der Waals surface area contributed by atoms with Gasteiger partial charge in [-0.15, -0.1) is 0 Å². The SMILES string of the molecule is COc1ccc(OCC2CCC3(CCCC3)O2)c(Br)c1. The Morgan fingerprint density at radius 1 is 1.30 bits per heavy atom. The zero-order chi connectivity index (χ0) is 14.0. The van der Waals surface area contributed by atoms with Gasteiger partial charge in [-0.2, -0.15) is 0 Å². The summed E-state index contributed by atoms with van der Waals surface area (Å²) in [4.78, 5) is 0. The summed E-state index contributed by atoms with van der Waals surface area (Å²) in [6, 6.07) is 5.76. The van der Waals surface area contributed by atoms with E-state index in [0.717, 1.165) is 22.4 Å². The fraction of sp³-hybridized carbons (Fsp3) is 0.625. The summed E-state index contributed by atoms with van der Waals surface area (Å²) in [5, 5.41) is 0. The lowest BCUT2D eigenvalue weighted by Crippen LogP contribution is -2.27. The molecule has 110 valence electrons. The molecule has 20 heavy (non-hydrogen) atoms. The minimum absolute atomic E-state index is 0.186. The van der Waals surface area contributed by atoms with Crippen molar-refractivity contribution in [2.45, 2.75) is 50.2 Å². The van der Waals surface area contributed by atoms with Gasteiger partial charge in [-0.1, -0.05) is 12.8 Å². The number of halogens is 1. The molecule has 1 aliphatic carbocycles. The number of hydrogen-bond donors (Lipinski definition) is 0. The van der Waals surface area contributed by atoms with Crippen LogP contribution in [0.25, 0.3) is 0 Å². The highest BCUT2D eigenvalue weighted by atomic mass is 79.9. The molecule has 2 fully saturated rings. The van der Waals surface area contributed by atoms with Crippen molar-refractivity contribution in [3.05, 3.63) is 22.7 Å². The third-order valence-corrected chi connectivity index (χ3v) is 5.04. The average molecular weight is 341 g/mol. The molecule has 2 aliphatic rings. The lowest BCUT2D eigenvalue weighted by atomic mass is 9.98. The van der Waals surface area contributed by atoms with E-state index in [9.17, 15) is 0 Å². The first kappa shape index (κ1) is 14.2. The van der Waals surface area contributed by atoms with Crippen LogP contribution in [0.2, 0.25) is 0 Å². The second-order valence-corrected chi connectivity index (χ2v) is 6.63. The summed E-state index contributed by atoms with van der Waals surface area (Å²) < 4.78 is 18.2. The third kappa shape index (κ3) is 2.96. The Labute approximate surface area is 128 Å². The van der Waals surface area contributed by atoms with E-state index < -0.39 is 0 Å². The largest absolute Gasteiger partial charge is 0.497 e. The molecule has 0 radical (unpaired) electrons. The Morgan fingerprint density at radius 3 is 2.80 bits per heavy atom. The van der Waals surface area contributed by atoms with Crippen molar-refractivity contribution >= 4 is 15.9 Å². The minimum atomic E-state index is 0.186. The summed E-state index contributed by atoms with van der Waals surface area (Å²) in [6.07, 6.45) is 7.65. The van der Waals surface area contributed by atoms with Crippen LogP contribution in [0.4, 0.5) is 0 Å². The number of hydrogen-bond acceptors (Lipinski definition) is 3. The summed E-state index contributed by atoms with van der Waals surface area (Å²) in [5.41, 5.74) is 0.186. The molecular formula is C16H21BrO3. The predicted octanol–water partition coefficient (Wildman–Crippen LogP) is 4.33. The smallest absolute Gasteiger partial charge is 0.133 e. The maximum atomic E-state index is 6.25. The van der Waals surface area contributed by atoms with Crippen LogP contribution in [-0.2, 0) is 4.74 Å². The first-order chi connectivity index (χ1) is 9.71. The normalized spacial score (nSPS) is 24.2. The second kappa shape index (κ2) is 5.94. The predicted molar refractivity (Wildman–Crippen MR) is 81.5 cm³/mol. The van der Waals surface area contributed by atoms with E-state index in [1.165, 1.54) is 32.1 Å². The molecule has 1 aromatic carbocycles. The number of methoxy groups -OCH3 is 1. The fourth-order valence-corrected chi connectivity index (χ4v) is 3.78. The van der Waals surface area contributed by atoms with Gasteiger partial charge in [0.05, 0.1) is 23.3 Å². The van der Waals surface area contributed by atoms with Crippen molar-refractivity contribution in [1.82, 2.24) is 0 Å². The van der Waals surface area contributed by atoms with Crippen molar-refractivity contribution in [2.24, 2.45) is 0 Å². The van der Waals surface area contributed by atoms with Gasteiger partial charge in [-0.05, 0) is 59.8 Å². The van der Waals surface area contributed by atoms with Gasteiger partial charge < -0.3 is 14.2 Å². The van der Waals surface area contributed by atoms with Gasteiger partial charge >= 0.3 is 0 Å². The van der Waals surface area contributed by atoms with Crippen molar-refractivity contribution in [3.8, 4) is 11.5 Å². The maximum Gasteiger partial charge on any atom is 0.133 e. The summed E-state index contributed by atoms with van der Waals surface area (Å²) in [6.45, 7) is 0.632. The highest BCUT2D eigenvalue weighted by Crippen LogP contribution is 2.43. The van der Waals surface area contributed by atoms with Crippen LogP contribution in [0, 0.1) is 0 Å². The van der Waals surface area contributed by atoms with Crippen LogP contribution >= 0.6 is 15.9 Å². The molecule has 3 rings (SSSR count). The first-order valence-corrected chi connectivity index (χ1v) is 8.14. The van der Waals surface area contributed by atoms with Gasteiger partial charge in [0.1, 0.15) is 18.1 Å². The zero-order valence-electron chi connectivity index (χ0n) is 11.9. The molecule has 0 aromatic heterocycles. The Balaban J connectivity index is 1.55. The van der Waals surface area contributed by atoms with Gasteiger partial charge in [-0.25, -0.2) is 0 Å². The molecule has 1 spiro atoms. The summed E-state index contributed by atoms with van der Waals surface area (Å²) in [5.74, 6) is 1.67. The lowest BCUT2D eigenvalue weighted by molar-refractivity contribution is -0.0509. The van der Waals surface area contributed by atoms with Crippen molar-refractivity contribution in [2.75, 3.05) is 13.7 Å². The van der Waals surface area contributed by atoms with Crippen LogP contribution < -0.4 is 9.47 Å².